The number of hydrogen-bond acceptors (Lipinski definition) is 5. The van der Waals surface area contributed by atoms with Crippen LogP contribution < -0.4 is 5.73 Å². The van der Waals surface area contributed by atoms with Crippen molar-refractivity contribution in [3.8, 4) is 0 Å². The van der Waals surface area contributed by atoms with Gasteiger partial charge < -0.3 is 15.2 Å². The van der Waals surface area contributed by atoms with Crippen LogP contribution >= 0.6 is 0 Å². The first-order chi connectivity index (χ1) is 7.18. The van der Waals surface area contributed by atoms with E-state index in [9.17, 15) is 8.42 Å². The average Bonchev–Trinajstić information content (AvgIpc) is 2.48. The van der Waals surface area contributed by atoms with E-state index in [0.717, 1.165) is 0 Å². The third kappa shape index (κ3) is 2.40. The number of rotatable bonds is 2. The molecule has 0 radical (unpaired) electrons. The summed E-state index contributed by atoms with van der Waals surface area (Å²) >= 11 is 0. The second kappa shape index (κ2) is 3.66. The molecule has 4 atom stereocenters. The molecule has 5 nitrogen and oxygen atoms in total. The molecule has 2 rings (SSSR count). The van der Waals surface area contributed by atoms with Gasteiger partial charge in [0, 0.05) is 18.2 Å². The highest BCUT2D eigenvalue weighted by atomic mass is 32.2. The Kier molecular flexibility index (Phi) is 2.81. The van der Waals surface area contributed by atoms with Crippen molar-refractivity contribution in [2.24, 2.45) is 11.7 Å². The summed E-state index contributed by atoms with van der Waals surface area (Å²) in [4.78, 5) is 0. The maximum Gasteiger partial charge on any atom is 0.163 e. The SMILES string of the molecule is CC1(C)OC2C(N)CC(CS(C)(=O)=O)C2O1. The lowest BCUT2D eigenvalue weighted by Crippen LogP contribution is -2.35. The fourth-order valence-corrected chi connectivity index (χ4v) is 3.79. The van der Waals surface area contributed by atoms with Crippen molar-refractivity contribution < 1.29 is 17.9 Å². The minimum atomic E-state index is -3.00. The third-order valence-electron chi connectivity index (χ3n) is 3.14. The molecule has 2 aliphatic rings. The van der Waals surface area contributed by atoms with Gasteiger partial charge in [0.2, 0.25) is 0 Å². The average molecular weight is 249 g/mol. The Morgan fingerprint density at radius 3 is 2.44 bits per heavy atom. The minimum absolute atomic E-state index is 0.0447. The smallest absolute Gasteiger partial charge is 0.163 e. The summed E-state index contributed by atoms with van der Waals surface area (Å²) in [7, 11) is -3.00. The first-order valence-electron chi connectivity index (χ1n) is 5.47. The molecule has 1 saturated carbocycles. The number of ether oxygens (including phenoxy) is 2. The van der Waals surface area contributed by atoms with Crippen LogP contribution in [0.3, 0.4) is 0 Å². The first kappa shape index (κ1) is 12.3. The van der Waals surface area contributed by atoms with Gasteiger partial charge in [-0.1, -0.05) is 0 Å². The van der Waals surface area contributed by atoms with Crippen molar-refractivity contribution in [3.05, 3.63) is 0 Å². The largest absolute Gasteiger partial charge is 0.344 e. The van der Waals surface area contributed by atoms with Crippen LogP contribution in [0.5, 0.6) is 0 Å². The summed E-state index contributed by atoms with van der Waals surface area (Å²) in [6.45, 7) is 3.66. The summed E-state index contributed by atoms with van der Waals surface area (Å²) in [6, 6.07) is -0.126. The van der Waals surface area contributed by atoms with E-state index in [-0.39, 0.29) is 29.9 Å². The van der Waals surface area contributed by atoms with Gasteiger partial charge in [-0.05, 0) is 20.3 Å². The van der Waals surface area contributed by atoms with Crippen molar-refractivity contribution in [2.75, 3.05) is 12.0 Å². The summed E-state index contributed by atoms with van der Waals surface area (Å²) < 4.78 is 34.0. The molecule has 1 aliphatic heterocycles. The summed E-state index contributed by atoms with van der Waals surface area (Å²) in [5.41, 5.74) is 5.95. The maximum absolute atomic E-state index is 11.3. The molecule has 2 N–H and O–H groups in total. The van der Waals surface area contributed by atoms with Crippen molar-refractivity contribution in [1.82, 2.24) is 0 Å². The molecule has 0 aromatic carbocycles. The lowest BCUT2D eigenvalue weighted by Gasteiger charge is -2.22. The van der Waals surface area contributed by atoms with Crippen molar-refractivity contribution >= 4 is 9.84 Å². The highest BCUT2D eigenvalue weighted by Crippen LogP contribution is 2.41. The predicted octanol–water partition coefficient (Wildman–Crippen LogP) is -0.102. The molecular weight excluding hydrogens is 230 g/mol. The second-order valence-electron chi connectivity index (χ2n) is 5.32. The summed E-state index contributed by atoms with van der Waals surface area (Å²) in [5.74, 6) is -0.568. The van der Waals surface area contributed by atoms with Gasteiger partial charge in [-0.15, -0.1) is 0 Å². The highest BCUT2D eigenvalue weighted by molar-refractivity contribution is 7.90. The van der Waals surface area contributed by atoms with Gasteiger partial charge in [0.1, 0.15) is 15.9 Å². The van der Waals surface area contributed by atoms with Gasteiger partial charge >= 0.3 is 0 Å². The van der Waals surface area contributed by atoms with E-state index in [1.54, 1.807) is 0 Å². The quantitative estimate of drug-likeness (QED) is 0.739. The van der Waals surface area contributed by atoms with Crippen LogP contribution in [0, 0.1) is 5.92 Å². The van der Waals surface area contributed by atoms with E-state index < -0.39 is 15.6 Å². The van der Waals surface area contributed by atoms with Gasteiger partial charge in [0.25, 0.3) is 0 Å². The Balaban J connectivity index is 2.13. The minimum Gasteiger partial charge on any atom is -0.344 e. The topological polar surface area (TPSA) is 78.6 Å². The molecule has 0 aromatic rings. The lowest BCUT2D eigenvalue weighted by molar-refractivity contribution is -0.156. The van der Waals surface area contributed by atoms with Gasteiger partial charge in [0.15, 0.2) is 5.79 Å². The Hall–Kier alpha value is -0.170. The van der Waals surface area contributed by atoms with E-state index >= 15 is 0 Å². The van der Waals surface area contributed by atoms with Crippen molar-refractivity contribution in [3.63, 3.8) is 0 Å². The van der Waals surface area contributed by atoms with Gasteiger partial charge in [-0.3, -0.25) is 0 Å². The summed E-state index contributed by atoms with van der Waals surface area (Å²) in [5, 5.41) is 0. The third-order valence-corrected chi connectivity index (χ3v) is 4.18. The van der Waals surface area contributed by atoms with E-state index in [1.165, 1.54) is 6.26 Å². The van der Waals surface area contributed by atoms with Gasteiger partial charge in [-0.2, -0.15) is 0 Å². The predicted molar refractivity (Wildman–Crippen MR) is 59.6 cm³/mol. The molecule has 16 heavy (non-hydrogen) atoms. The molecular formula is C10H19NO4S. The van der Waals surface area contributed by atoms with Crippen LogP contribution in [0.4, 0.5) is 0 Å². The molecule has 1 saturated heterocycles. The Bertz CT molecular complexity index is 378. The lowest BCUT2D eigenvalue weighted by atomic mass is 10.1. The van der Waals surface area contributed by atoms with Crippen LogP contribution in [0.1, 0.15) is 20.3 Å². The zero-order chi connectivity index (χ0) is 12.1. The van der Waals surface area contributed by atoms with Crippen LogP contribution in [-0.4, -0.2) is 44.5 Å². The van der Waals surface area contributed by atoms with Crippen molar-refractivity contribution in [2.45, 2.75) is 44.3 Å². The first-order valence-corrected chi connectivity index (χ1v) is 7.53. The monoisotopic (exact) mass is 249 g/mol. The number of fused-ring (bicyclic) bond motifs is 1. The fourth-order valence-electron chi connectivity index (χ4n) is 2.68. The van der Waals surface area contributed by atoms with Crippen LogP contribution in [0.25, 0.3) is 0 Å². The Morgan fingerprint density at radius 2 is 1.88 bits per heavy atom. The molecule has 0 bridgehead atoms. The molecule has 6 heteroatoms. The van der Waals surface area contributed by atoms with Gasteiger partial charge in [-0.25, -0.2) is 8.42 Å². The highest BCUT2D eigenvalue weighted by Gasteiger charge is 2.53. The van der Waals surface area contributed by atoms with Crippen LogP contribution in [0.2, 0.25) is 0 Å². The number of nitrogens with two attached hydrogens (primary N) is 1. The van der Waals surface area contributed by atoms with Gasteiger partial charge in [0.05, 0.1) is 11.9 Å². The maximum atomic E-state index is 11.3. The van der Waals surface area contributed by atoms with Crippen molar-refractivity contribution in [1.29, 1.82) is 0 Å². The Labute approximate surface area is 96.2 Å². The van der Waals surface area contributed by atoms with E-state index in [2.05, 4.69) is 0 Å². The number of sulfone groups is 1. The second-order valence-corrected chi connectivity index (χ2v) is 7.50. The molecule has 1 aliphatic carbocycles. The van der Waals surface area contributed by atoms with E-state index in [1.807, 2.05) is 13.8 Å². The molecule has 0 aromatic heterocycles. The normalized spacial score (nSPS) is 42.2. The fraction of sp³-hybridized carbons (Fsp3) is 1.00. The Morgan fingerprint density at radius 1 is 1.31 bits per heavy atom. The van der Waals surface area contributed by atoms with E-state index in [4.69, 9.17) is 15.2 Å². The zero-order valence-electron chi connectivity index (χ0n) is 9.84. The van der Waals surface area contributed by atoms with Crippen LogP contribution in [-0.2, 0) is 19.3 Å². The molecule has 2 fully saturated rings. The molecule has 4 unspecified atom stereocenters. The standard InChI is InChI=1S/C10H19NO4S/c1-10(2)14-8-6(5-16(3,12)13)4-7(11)9(8)15-10/h6-9H,4-5,11H2,1-3H3. The molecule has 0 amide bonds. The molecule has 1 heterocycles. The van der Waals surface area contributed by atoms with Crippen LogP contribution in [0.15, 0.2) is 0 Å². The summed E-state index contributed by atoms with van der Waals surface area (Å²) in [6.07, 6.45) is 1.55. The number of hydrogen-bond donors (Lipinski definition) is 1. The zero-order valence-corrected chi connectivity index (χ0v) is 10.7. The molecule has 94 valence electrons. The van der Waals surface area contributed by atoms with E-state index in [0.29, 0.717) is 6.42 Å². The molecule has 0 spiro atoms.